The highest BCUT2D eigenvalue weighted by molar-refractivity contribution is 6.18. The van der Waals surface area contributed by atoms with Crippen molar-refractivity contribution >= 4 is 23.2 Å². The van der Waals surface area contributed by atoms with Crippen LogP contribution in [0.1, 0.15) is 30.7 Å². The van der Waals surface area contributed by atoms with Gasteiger partial charge >= 0.3 is 0 Å². The first kappa shape index (κ1) is 11.0. The van der Waals surface area contributed by atoms with Gasteiger partial charge in [0.25, 0.3) is 0 Å². The lowest BCUT2D eigenvalue weighted by molar-refractivity contribution is -0.117. The lowest BCUT2D eigenvalue weighted by atomic mass is 9.87. The van der Waals surface area contributed by atoms with Gasteiger partial charge in [0.1, 0.15) is 5.82 Å². The largest absolute Gasteiger partial charge is 0.309 e. The summed E-state index contributed by atoms with van der Waals surface area (Å²) in [7, 11) is 0. The molecule has 0 unspecified atom stereocenters. The molecular formula is C13H13ClFNO. The van der Waals surface area contributed by atoms with Crippen molar-refractivity contribution in [1.29, 1.82) is 0 Å². The highest BCUT2D eigenvalue weighted by Crippen LogP contribution is 2.43. The number of benzene rings is 1. The average molecular weight is 254 g/mol. The Morgan fingerprint density at radius 2 is 2.29 bits per heavy atom. The standard InChI is InChI=1S/C13H13ClFNO/c14-7-8-5-10-2-4-13(17)16(10)12-6-9(15)1-3-11(8)12/h1,3,6,8,10H,2,4-5,7H2/t8-,10-/m1/s1. The Balaban J connectivity index is 2.13. The summed E-state index contributed by atoms with van der Waals surface area (Å²) in [5.41, 5.74) is 1.74. The van der Waals surface area contributed by atoms with Crippen LogP contribution in [0, 0.1) is 5.82 Å². The molecule has 2 heterocycles. The second kappa shape index (κ2) is 3.98. The van der Waals surface area contributed by atoms with Gasteiger partial charge in [-0.05, 0) is 30.5 Å². The maximum Gasteiger partial charge on any atom is 0.227 e. The first-order valence-corrected chi connectivity index (χ1v) is 6.41. The molecule has 4 heteroatoms. The normalized spacial score (nSPS) is 26.9. The molecule has 1 amide bonds. The molecule has 2 aliphatic heterocycles. The fourth-order valence-electron chi connectivity index (χ4n) is 2.97. The summed E-state index contributed by atoms with van der Waals surface area (Å²) in [5.74, 6) is 0.573. The minimum atomic E-state index is -0.294. The van der Waals surface area contributed by atoms with Gasteiger partial charge < -0.3 is 4.90 Å². The molecule has 0 aromatic heterocycles. The van der Waals surface area contributed by atoms with Gasteiger partial charge in [-0.15, -0.1) is 11.6 Å². The highest BCUT2D eigenvalue weighted by Gasteiger charge is 2.39. The van der Waals surface area contributed by atoms with Crippen LogP contribution in [0.15, 0.2) is 18.2 Å². The van der Waals surface area contributed by atoms with Gasteiger partial charge in [-0.1, -0.05) is 6.07 Å². The van der Waals surface area contributed by atoms with E-state index >= 15 is 0 Å². The van der Waals surface area contributed by atoms with Crippen molar-refractivity contribution in [3.63, 3.8) is 0 Å². The third-order valence-corrected chi connectivity index (χ3v) is 4.13. The number of anilines is 1. The van der Waals surface area contributed by atoms with E-state index in [-0.39, 0.29) is 23.7 Å². The molecule has 0 aliphatic carbocycles. The predicted octanol–water partition coefficient (Wildman–Crippen LogP) is 3.05. The lowest BCUT2D eigenvalue weighted by Gasteiger charge is -2.36. The van der Waals surface area contributed by atoms with Gasteiger partial charge in [-0.2, -0.15) is 0 Å². The Bertz CT molecular complexity index is 476. The predicted molar refractivity (Wildman–Crippen MR) is 65.0 cm³/mol. The third-order valence-electron chi connectivity index (χ3n) is 3.76. The Kier molecular flexibility index (Phi) is 2.58. The van der Waals surface area contributed by atoms with E-state index in [1.165, 1.54) is 12.1 Å². The number of hydrogen-bond donors (Lipinski definition) is 0. The van der Waals surface area contributed by atoms with Crippen LogP contribution in [0.5, 0.6) is 0 Å². The Morgan fingerprint density at radius 1 is 1.47 bits per heavy atom. The Hall–Kier alpha value is -1.09. The summed E-state index contributed by atoms with van der Waals surface area (Å²) in [6.45, 7) is 0. The monoisotopic (exact) mass is 253 g/mol. The van der Waals surface area contributed by atoms with Gasteiger partial charge in [0, 0.05) is 24.3 Å². The first-order valence-electron chi connectivity index (χ1n) is 5.88. The number of fused-ring (bicyclic) bond motifs is 3. The van der Waals surface area contributed by atoms with Crippen LogP contribution < -0.4 is 4.90 Å². The molecule has 1 saturated heterocycles. The van der Waals surface area contributed by atoms with E-state index in [0.29, 0.717) is 12.3 Å². The molecule has 2 aliphatic rings. The molecule has 0 saturated carbocycles. The van der Waals surface area contributed by atoms with Crippen LogP contribution in [-0.4, -0.2) is 17.8 Å². The summed E-state index contributed by atoms with van der Waals surface area (Å²) < 4.78 is 13.3. The molecule has 2 atom stereocenters. The van der Waals surface area contributed by atoms with Crippen molar-refractivity contribution in [3.8, 4) is 0 Å². The molecular weight excluding hydrogens is 241 g/mol. The van der Waals surface area contributed by atoms with E-state index in [1.807, 2.05) is 0 Å². The quantitative estimate of drug-likeness (QED) is 0.705. The van der Waals surface area contributed by atoms with Crippen molar-refractivity contribution in [2.45, 2.75) is 31.2 Å². The maximum absolute atomic E-state index is 13.3. The van der Waals surface area contributed by atoms with E-state index in [2.05, 4.69) is 0 Å². The highest BCUT2D eigenvalue weighted by atomic mass is 35.5. The van der Waals surface area contributed by atoms with Gasteiger partial charge in [-0.3, -0.25) is 4.79 Å². The molecule has 1 aromatic carbocycles. The SMILES string of the molecule is O=C1CC[C@@H]2C[C@H](CCl)c3ccc(F)cc3N12. The second-order valence-corrected chi connectivity index (χ2v) is 5.05. The number of carbonyl (C=O) groups excluding carboxylic acids is 1. The van der Waals surface area contributed by atoms with Crippen molar-refractivity contribution in [1.82, 2.24) is 0 Å². The fraction of sp³-hybridized carbons (Fsp3) is 0.462. The topological polar surface area (TPSA) is 20.3 Å². The Morgan fingerprint density at radius 3 is 3.06 bits per heavy atom. The molecule has 0 bridgehead atoms. The summed E-state index contributed by atoms with van der Waals surface area (Å²) in [6.07, 6.45) is 2.33. The summed E-state index contributed by atoms with van der Waals surface area (Å²) in [6, 6.07) is 4.88. The zero-order chi connectivity index (χ0) is 12.0. The smallest absolute Gasteiger partial charge is 0.227 e. The van der Waals surface area contributed by atoms with E-state index in [4.69, 9.17) is 11.6 Å². The van der Waals surface area contributed by atoms with Crippen LogP contribution in [0.4, 0.5) is 10.1 Å². The maximum atomic E-state index is 13.3. The van der Waals surface area contributed by atoms with Crippen LogP contribution in [0.25, 0.3) is 0 Å². The van der Waals surface area contributed by atoms with Crippen LogP contribution in [0.2, 0.25) is 0 Å². The average Bonchev–Trinajstić information content (AvgIpc) is 2.70. The number of alkyl halides is 1. The fourth-order valence-corrected chi connectivity index (χ4v) is 3.26. The van der Waals surface area contributed by atoms with Gasteiger partial charge in [0.2, 0.25) is 5.91 Å². The molecule has 0 spiro atoms. The van der Waals surface area contributed by atoms with Gasteiger partial charge in [-0.25, -0.2) is 4.39 Å². The molecule has 17 heavy (non-hydrogen) atoms. The zero-order valence-corrected chi connectivity index (χ0v) is 10.1. The minimum absolute atomic E-state index is 0.106. The van der Waals surface area contributed by atoms with Crippen molar-refractivity contribution in [3.05, 3.63) is 29.6 Å². The number of halogens is 2. The zero-order valence-electron chi connectivity index (χ0n) is 9.33. The lowest BCUT2D eigenvalue weighted by Crippen LogP contribution is -2.38. The third kappa shape index (κ3) is 1.64. The molecule has 0 N–H and O–H groups in total. The summed E-state index contributed by atoms with van der Waals surface area (Å²) >= 11 is 5.98. The number of nitrogens with zero attached hydrogens (tertiary/aromatic N) is 1. The van der Waals surface area contributed by atoms with E-state index in [0.717, 1.165) is 24.1 Å². The second-order valence-electron chi connectivity index (χ2n) is 4.75. The molecule has 90 valence electrons. The number of carbonyl (C=O) groups is 1. The van der Waals surface area contributed by atoms with Crippen LogP contribution >= 0.6 is 11.6 Å². The molecule has 1 aromatic rings. The van der Waals surface area contributed by atoms with Crippen LogP contribution in [0.3, 0.4) is 0 Å². The van der Waals surface area contributed by atoms with E-state index < -0.39 is 0 Å². The number of rotatable bonds is 1. The van der Waals surface area contributed by atoms with Crippen LogP contribution in [-0.2, 0) is 4.79 Å². The van der Waals surface area contributed by atoms with E-state index in [1.54, 1.807) is 11.0 Å². The molecule has 1 fully saturated rings. The van der Waals surface area contributed by atoms with Crippen molar-refractivity contribution < 1.29 is 9.18 Å². The van der Waals surface area contributed by atoms with Gasteiger partial charge in [0.15, 0.2) is 0 Å². The molecule has 0 radical (unpaired) electrons. The first-order chi connectivity index (χ1) is 8.20. The van der Waals surface area contributed by atoms with Gasteiger partial charge in [0.05, 0.1) is 5.69 Å². The summed E-state index contributed by atoms with van der Waals surface area (Å²) in [5, 5.41) is 0. The number of hydrogen-bond acceptors (Lipinski definition) is 1. The number of amides is 1. The van der Waals surface area contributed by atoms with Crippen molar-refractivity contribution in [2.75, 3.05) is 10.8 Å². The Labute approximate surface area is 104 Å². The summed E-state index contributed by atoms with van der Waals surface area (Å²) in [4.78, 5) is 13.6. The minimum Gasteiger partial charge on any atom is -0.309 e. The van der Waals surface area contributed by atoms with E-state index in [9.17, 15) is 9.18 Å². The van der Waals surface area contributed by atoms with Crippen molar-refractivity contribution in [2.24, 2.45) is 0 Å². The molecule has 2 nitrogen and oxygen atoms in total. The molecule has 3 rings (SSSR count).